The number of pyridine rings is 1. The fourth-order valence-electron chi connectivity index (χ4n) is 2.32. The standard InChI is InChI=1S/C22H18N4OS/c1-16-11-12-18(15-24-16)25-14-17(13-23)22(27)26-20-9-5-6-10-21(20)28-19-7-3-2-4-8-19/h2-12,14-15,25H,1H3,(H,26,27)/b17-14-. The number of carbonyl (C=O) groups is 1. The molecule has 28 heavy (non-hydrogen) atoms. The first kappa shape index (κ1) is 19.2. The molecule has 0 saturated carbocycles. The number of amides is 1. The molecule has 0 bridgehead atoms. The molecule has 1 amide bonds. The van der Waals surface area contributed by atoms with Crippen molar-refractivity contribution in [2.24, 2.45) is 0 Å². The van der Waals surface area contributed by atoms with Crippen molar-refractivity contribution in [3.8, 4) is 6.07 Å². The second-order valence-corrected chi connectivity index (χ2v) is 6.98. The monoisotopic (exact) mass is 386 g/mol. The van der Waals surface area contributed by atoms with Crippen LogP contribution in [0.15, 0.2) is 94.5 Å². The van der Waals surface area contributed by atoms with Crippen molar-refractivity contribution in [3.63, 3.8) is 0 Å². The lowest BCUT2D eigenvalue weighted by atomic mass is 10.2. The van der Waals surface area contributed by atoms with E-state index in [0.717, 1.165) is 15.5 Å². The van der Waals surface area contributed by atoms with Gasteiger partial charge in [-0.1, -0.05) is 42.1 Å². The number of rotatable bonds is 6. The Morgan fingerprint density at radius 3 is 2.54 bits per heavy atom. The van der Waals surface area contributed by atoms with Gasteiger partial charge in [-0.05, 0) is 43.3 Å². The largest absolute Gasteiger partial charge is 0.359 e. The van der Waals surface area contributed by atoms with Crippen LogP contribution in [0.3, 0.4) is 0 Å². The van der Waals surface area contributed by atoms with Gasteiger partial charge in [-0.2, -0.15) is 5.26 Å². The van der Waals surface area contributed by atoms with Crippen molar-refractivity contribution >= 4 is 29.0 Å². The van der Waals surface area contributed by atoms with Crippen molar-refractivity contribution in [2.75, 3.05) is 10.6 Å². The molecule has 0 aliphatic carbocycles. The summed E-state index contributed by atoms with van der Waals surface area (Å²) in [5, 5.41) is 15.1. The van der Waals surface area contributed by atoms with Gasteiger partial charge in [-0.15, -0.1) is 0 Å². The molecule has 2 N–H and O–H groups in total. The molecule has 3 aromatic rings. The van der Waals surface area contributed by atoms with Gasteiger partial charge in [0.2, 0.25) is 0 Å². The zero-order chi connectivity index (χ0) is 19.8. The number of aromatic nitrogens is 1. The van der Waals surface area contributed by atoms with Crippen LogP contribution >= 0.6 is 11.8 Å². The van der Waals surface area contributed by atoms with Crippen molar-refractivity contribution < 1.29 is 4.79 Å². The summed E-state index contributed by atoms with van der Waals surface area (Å²) in [5.41, 5.74) is 2.21. The maximum absolute atomic E-state index is 12.6. The number of benzene rings is 2. The van der Waals surface area contributed by atoms with Crippen LogP contribution in [0.4, 0.5) is 11.4 Å². The second-order valence-electron chi connectivity index (χ2n) is 5.87. The zero-order valence-electron chi connectivity index (χ0n) is 15.2. The summed E-state index contributed by atoms with van der Waals surface area (Å²) in [6.45, 7) is 1.89. The maximum Gasteiger partial charge on any atom is 0.267 e. The van der Waals surface area contributed by atoms with Crippen LogP contribution in [0.2, 0.25) is 0 Å². The van der Waals surface area contributed by atoms with Gasteiger partial charge in [-0.25, -0.2) is 0 Å². The Morgan fingerprint density at radius 1 is 1.07 bits per heavy atom. The molecular weight excluding hydrogens is 368 g/mol. The Kier molecular flexibility index (Phi) is 6.45. The molecule has 1 aromatic heterocycles. The summed E-state index contributed by atoms with van der Waals surface area (Å²) in [4.78, 5) is 18.7. The first-order valence-corrected chi connectivity index (χ1v) is 9.40. The van der Waals surface area contributed by atoms with E-state index in [-0.39, 0.29) is 5.57 Å². The number of para-hydroxylation sites is 1. The fraction of sp³-hybridized carbons (Fsp3) is 0.0455. The lowest BCUT2D eigenvalue weighted by molar-refractivity contribution is -0.112. The molecular formula is C22H18N4OS. The maximum atomic E-state index is 12.6. The van der Waals surface area contributed by atoms with Crippen LogP contribution in [-0.4, -0.2) is 10.9 Å². The number of hydrogen-bond donors (Lipinski definition) is 2. The van der Waals surface area contributed by atoms with Crippen molar-refractivity contribution in [3.05, 3.63) is 90.4 Å². The Bertz CT molecular complexity index is 1020. The molecule has 3 rings (SSSR count). The van der Waals surface area contributed by atoms with Gasteiger partial charge in [0.15, 0.2) is 0 Å². The molecule has 0 fully saturated rings. The number of hydrogen-bond acceptors (Lipinski definition) is 5. The third-order valence-corrected chi connectivity index (χ3v) is 4.85. The second kappa shape index (κ2) is 9.40. The Hall–Kier alpha value is -3.56. The first-order chi connectivity index (χ1) is 13.7. The SMILES string of the molecule is Cc1ccc(N/C=C(/C#N)C(=O)Nc2ccccc2Sc2ccccc2)cn1. The van der Waals surface area contributed by atoms with Gasteiger partial charge >= 0.3 is 0 Å². The molecule has 0 atom stereocenters. The highest BCUT2D eigenvalue weighted by atomic mass is 32.2. The topological polar surface area (TPSA) is 77.8 Å². The number of carbonyl (C=O) groups excluding carboxylic acids is 1. The van der Waals surface area contributed by atoms with E-state index in [1.807, 2.05) is 79.7 Å². The molecule has 138 valence electrons. The molecule has 0 unspecified atom stereocenters. The molecule has 5 nitrogen and oxygen atoms in total. The van der Waals surface area contributed by atoms with E-state index < -0.39 is 5.91 Å². The minimum atomic E-state index is -0.476. The average molecular weight is 386 g/mol. The van der Waals surface area contributed by atoms with Gasteiger partial charge < -0.3 is 10.6 Å². The molecule has 0 radical (unpaired) electrons. The van der Waals surface area contributed by atoms with Crippen LogP contribution < -0.4 is 10.6 Å². The van der Waals surface area contributed by atoms with Crippen molar-refractivity contribution in [1.29, 1.82) is 5.26 Å². The van der Waals surface area contributed by atoms with E-state index in [4.69, 9.17) is 0 Å². The molecule has 0 aliphatic rings. The number of aryl methyl sites for hydroxylation is 1. The summed E-state index contributed by atoms with van der Waals surface area (Å²) >= 11 is 1.55. The molecule has 0 saturated heterocycles. The Balaban J connectivity index is 1.73. The third-order valence-electron chi connectivity index (χ3n) is 3.77. The smallest absolute Gasteiger partial charge is 0.267 e. The molecule has 6 heteroatoms. The Morgan fingerprint density at radius 2 is 1.82 bits per heavy atom. The predicted octanol–water partition coefficient (Wildman–Crippen LogP) is 5.00. The summed E-state index contributed by atoms with van der Waals surface area (Å²) in [5.74, 6) is -0.476. The van der Waals surface area contributed by atoms with E-state index in [0.29, 0.717) is 11.4 Å². The summed E-state index contributed by atoms with van der Waals surface area (Å²) in [6.07, 6.45) is 3.03. The van der Waals surface area contributed by atoms with Gasteiger partial charge in [0, 0.05) is 21.7 Å². The number of nitrogens with zero attached hydrogens (tertiary/aromatic N) is 2. The number of anilines is 2. The predicted molar refractivity (Wildman–Crippen MR) is 112 cm³/mol. The van der Waals surface area contributed by atoms with Crippen LogP contribution in [-0.2, 0) is 4.79 Å². The number of nitrogens with one attached hydrogen (secondary N) is 2. The zero-order valence-corrected chi connectivity index (χ0v) is 16.0. The van der Waals surface area contributed by atoms with Crippen molar-refractivity contribution in [2.45, 2.75) is 16.7 Å². The highest BCUT2D eigenvalue weighted by Gasteiger charge is 2.12. The highest BCUT2D eigenvalue weighted by Crippen LogP contribution is 2.33. The summed E-state index contributed by atoms with van der Waals surface area (Å²) < 4.78 is 0. The minimum Gasteiger partial charge on any atom is -0.359 e. The van der Waals surface area contributed by atoms with Gasteiger partial charge in [0.05, 0.1) is 17.6 Å². The van der Waals surface area contributed by atoms with Crippen molar-refractivity contribution in [1.82, 2.24) is 4.98 Å². The van der Waals surface area contributed by atoms with Crippen LogP contribution in [0.5, 0.6) is 0 Å². The van der Waals surface area contributed by atoms with Crippen LogP contribution in [0, 0.1) is 18.3 Å². The van der Waals surface area contributed by atoms with E-state index in [1.54, 1.807) is 18.0 Å². The van der Waals surface area contributed by atoms with E-state index >= 15 is 0 Å². The fourth-order valence-corrected chi connectivity index (χ4v) is 3.24. The number of nitriles is 1. The van der Waals surface area contributed by atoms with Gasteiger partial charge in [0.1, 0.15) is 11.6 Å². The minimum absolute atomic E-state index is 0.0277. The lowest BCUT2D eigenvalue weighted by Gasteiger charge is -2.10. The third kappa shape index (κ3) is 5.22. The first-order valence-electron chi connectivity index (χ1n) is 8.58. The van der Waals surface area contributed by atoms with E-state index in [1.165, 1.54) is 6.20 Å². The van der Waals surface area contributed by atoms with E-state index in [2.05, 4.69) is 15.6 Å². The summed E-state index contributed by atoms with van der Waals surface area (Å²) in [7, 11) is 0. The van der Waals surface area contributed by atoms with E-state index in [9.17, 15) is 10.1 Å². The molecule has 2 aromatic carbocycles. The summed E-state index contributed by atoms with van der Waals surface area (Å²) in [6, 6.07) is 23.0. The van der Waals surface area contributed by atoms with Gasteiger partial charge in [-0.3, -0.25) is 9.78 Å². The van der Waals surface area contributed by atoms with Crippen LogP contribution in [0.1, 0.15) is 5.69 Å². The Labute approximate surface area is 168 Å². The quantitative estimate of drug-likeness (QED) is 0.460. The molecule has 1 heterocycles. The average Bonchev–Trinajstić information content (AvgIpc) is 2.72. The normalized spacial score (nSPS) is 10.8. The van der Waals surface area contributed by atoms with Crippen LogP contribution in [0.25, 0.3) is 0 Å². The lowest BCUT2D eigenvalue weighted by Crippen LogP contribution is -2.15. The highest BCUT2D eigenvalue weighted by molar-refractivity contribution is 7.99. The van der Waals surface area contributed by atoms with Gasteiger partial charge in [0.25, 0.3) is 5.91 Å². The molecule has 0 spiro atoms. The molecule has 0 aliphatic heterocycles.